The van der Waals surface area contributed by atoms with Crippen LogP contribution in [0.5, 0.6) is 5.75 Å². The number of anilines is 1. The van der Waals surface area contributed by atoms with Crippen LogP contribution in [0.3, 0.4) is 0 Å². The third kappa shape index (κ3) is 4.65. The minimum Gasteiger partial charge on any atom is -0.497 e. The molecule has 1 saturated heterocycles. The second kappa shape index (κ2) is 9.29. The van der Waals surface area contributed by atoms with Gasteiger partial charge in [-0.05, 0) is 41.8 Å². The number of carbonyl (C=O) groups excluding carboxylic acids is 3. The molecule has 2 aromatic rings. The molecule has 2 aliphatic heterocycles. The van der Waals surface area contributed by atoms with Gasteiger partial charge >= 0.3 is 5.97 Å². The van der Waals surface area contributed by atoms with Crippen LogP contribution < -0.4 is 15.4 Å². The quantitative estimate of drug-likeness (QED) is 0.572. The van der Waals surface area contributed by atoms with Crippen molar-refractivity contribution in [2.75, 3.05) is 32.2 Å². The monoisotopic (exact) mass is 453 g/mol. The fourth-order valence-corrected chi connectivity index (χ4v) is 4.13. The second-order valence-corrected chi connectivity index (χ2v) is 7.77. The Bertz CT molecular complexity index is 1100. The van der Waals surface area contributed by atoms with E-state index in [1.54, 1.807) is 19.2 Å². The number of carboxylic acids is 1. The fraction of sp³-hybridized carbons (Fsp3) is 0.304. The molecule has 172 valence electrons. The van der Waals surface area contributed by atoms with Crippen LogP contribution in [0.15, 0.2) is 42.5 Å². The maximum absolute atomic E-state index is 13.3. The van der Waals surface area contributed by atoms with Crippen molar-refractivity contribution in [1.82, 2.24) is 10.2 Å². The number of rotatable bonds is 7. The highest BCUT2D eigenvalue weighted by atomic mass is 16.5. The van der Waals surface area contributed by atoms with Gasteiger partial charge in [-0.3, -0.25) is 14.4 Å². The number of hydrogen-bond donors (Lipinski definition) is 3. The molecule has 4 rings (SSSR count). The Morgan fingerprint density at radius 2 is 1.85 bits per heavy atom. The van der Waals surface area contributed by atoms with Crippen LogP contribution in [0.4, 0.5) is 5.69 Å². The van der Waals surface area contributed by atoms with Crippen molar-refractivity contribution in [3.05, 3.63) is 48.0 Å². The van der Waals surface area contributed by atoms with Crippen LogP contribution in [-0.2, 0) is 19.1 Å². The number of ether oxygens (including phenoxy) is 2. The van der Waals surface area contributed by atoms with Gasteiger partial charge in [-0.2, -0.15) is 0 Å². The number of nitrogens with one attached hydrogen (secondary N) is 2. The number of methoxy groups -OCH3 is 1. The molecule has 10 heteroatoms. The Hall–Kier alpha value is -3.92. The van der Waals surface area contributed by atoms with E-state index in [2.05, 4.69) is 10.6 Å². The predicted octanol–water partition coefficient (Wildman–Crippen LogP) is 1.11. The molecule has 0 aliphatic carbocycles. The zero-order valence-corrected chi connectivity index (χ0v) is 17.9. The molecule has 0 spiro atoms. The average molecular weight is 453 g/mol. The molecule has 0 aromatic heterocycles. The maximum atomic E-state index is 13.3. The summed E-state index contributed by atoms with van der Waals surface area (Å²) in [5, 5.41) is 14.1. The topological polar surface area (TPSA) is 134 Å². The van der Waals surface area contributed by atoms with E-state index in [1.807, 2.05) is 30.3 Å². The largest absolute Gasteiger partial charge is 0.497 e. The molecule has 1 fully saturated rings. The molecule has 0 bridgehead atoms. The van der Waals surface area contributed by atoms with Gasteiger partial charge in [-0.1, -0.05) is 18.2 Å². The molecule has 0 saturated carbocycles. The van der Waals surface area contributed by atoms with Gasteiger partial charge in [0.15, 0.2) is 0 Å². The molecule has 33 heavy (non-hydrogen) atoms. The van der Waals surface area contributed by atoms with Crippen LogP contribution >= 0.6 is 0 Å². The van der Waals surface area contributed by atoms with E-state index in [9.17, 15) is 19.2 Å². The van der Waals surface area contributed by atoms with Gasteiger partial charge in [0.1, 0.15) is 25.0 Å². The van der Waals surface area contributed by atoms with Gasteiger partial charge in [0.05, 0.1) is 24.4 Å². The van der Waals surface area contributed by atoms with Crippen LogP contribution in [0, 0.1) is 0 Å². The standard InChI is InChI=1S/C23H23N3O7/c1-32-15-5-2-13(3-6-15)14-4-7-17-16(10-14)23(31)26-9-8-18(21(26)22(30)25-17)24-19(27)11-33-12-20(28)29/h2-7,10,18,21H,8-9,11-12H2,1H3,(H,24,27)(H,25,30)(H,28,29)/t18-,21-/m0/s1. The Morgan fingerprint density at radius 3 is 2.55 bits per heavy atom. The number of carboxylic acid groups (broad SMARTS) is 1. The van der Waals surface area contributed by atoms with Gasteiger partial charge in [-0.25, -0.2) is 4.79 Å². The molecule has 2 aromatic carbocycles. The van der Waals surface area contributed by atoms with Crippen LogP contribution in [0.25, 0.3) is 11.1 Å². The number of fused-ring (bicyclic) bond motifs is 2. The molecule has 3 amide bonds. The summed E-state index contributed by atoms with van der Waals surface area (Å²) >= 11 is 0. The Balaban J connectivity index is 1.53. The molecular weight excluding hydrogens is 430 g/mol. The Labute approximate surface area is 189 Å². The van der Waals surface area contributed by atoms with Crippen molar-refractivity contribution in [2.24, 2.45) is 0 Å². The lowest BCUT2D eigenvalue weighted by molar-refractivity contribution is -0.143. The van der Waals surface area contributed by atoms with Crippen molar-refractivity contribution < 1.29 is 33.8 Å². The van der Waals surface area contributed by atoms with E-state index in [0.29, 0.717) is 24.2 Å². The molecule has 2 atom stereocenters. The summed E-state index contributed by atoms with van der Waals surface area (Å²) in [5.41, 5.74) is 2.49. The third-order valence-electron chi connectivity index (χ3n) is 5.66. The first-order chi connectivity index (χ1) is 15.9. The van der Waals surface area contributed by atoms with Crippen molar-refractivity contribution in [2.45, 2.75) is 18.5 Å². The van der Waals surface area contributed by atoms with Gasteiger partial charge < -0.3 is 30.1 Å². The van der Waals surface area contributed by atoms with Crippen LogP contribution in [-0.4, -0.2) is 72.6 Å². The third-order valence-corrected chi connectivity index (χ3v) is 5.66. The first kappa shape index (κ1) is 22.3. The van der Waals surface area contributed by atoms with Crippen LogP contribution in [0.2, 0.25) is 0 Å². The first-order valence-corrected chi connectivity index (χ1v) is 10.4. The van der Waals surface area contributed by atoms with Crippen molar-refractivity contribution in [1.29, 1.82) is 0 Å². The van der Waals surface area contributed by atoms with Gasteiger partial charge in [0.2, 0.25) is 11.8 Å². The Morgan fingerprint density at radius 1 is 1.12 bits per heavy atom. The van der Waals surface area contributed by atoms with E-state index < -0.39 is 43.1 Å². The number of aliphatic carboxylic acids is 1. The molecule has 10 nitrogen and oxygen atoms in total. The SMILES string of the molecule is COc1ccc(-c2ccc3c(c2)C(=O)N2CC[C@H](NC(=O)COCC(=O)O)[C@H]2C(=O)N3)cc1. The van der Waals surface area contributed by atoms with Crippen molar-refractivity contribution >= 4 is 29.4 Å². The number of nitrogens with zero attached hydrogens (tertiary/aromatic N) is 1. The highest BCUT2D eigenvalue weighted by Crippen LogP contribution is 2.32. The molecule has 2 heterocycles. The van der Waals surface area contributed by atoms with Crippen molar-refractivity contribution in [3.8, 4) is 16.9 Å². The highest BCUT2D eigenvalue weighted by Gasteiger charge is 2.45. The Kier molecular flexibility index (Phi) is 6.27. The smallest absolute Gasteiger partial charge is 0.329 e. The first-order valence-electron chi connectivity index (χ1n) is 10.4. The van der Waals surface area contributed by atoms with E-state index in [-0.39, 0.29) is 5.91 Å². The predicted molar refractivity (Wildman–Crippen MR) is 117 cm³/mol. The molecule has 0 radical (unpaired) electrons. The minimum atomic E-state index is -1.18. The lowest BCUT2D eigenvalue weighted by Gasteiger charge is -2.24. The number of benzene rings is 2. The lowest BCUT2D eigenvalue weighted by atomic mass is 10.0. The summed E-state index contributed by atoms with van der Waals surface area (Å²) in [6, 6.07) is 11.2. The zero-order valence-electron chi connectivity index (χ0n) is 17.9. The van der Waals surface area contributed by atoms with E-state index >= 15 is 0 Å². The number of carbonyl (C=O) groups is 4. The number of hydrogen-bond acceptors (Lipinski definition) is 6. The summed E-state index contributed by atoms with van der Waals surface area (Å²) < 4.78 is 9.98. The summed E-state index contributed by atoms with van der Waals surface area (Å²) in [4.78, 5) is 50.4. The fourth-order valence-electron chi connectivity index (χ4n) is 4.13. The van der Waals surface area contributed by atoms with E-state index in [1.165, 1.54) is 4.90 Å². The maximum Gasteiger partial charge on any atom is 0.329 e. The summed E-state index contributed by atoms with van der Waals surface area (Å²) in [6.45, 7) is -0.751. The average Bonchev–Trinajstić information content (AvgIpc) is 3.18. The van der Waals surface area contributed by atoms with Crippen molar-refractivity contribution in [3.63, 3.8) is 0 Å². The van der Waals surface area contributed by atoms with E-state index in [0.717, 1.165) is 16.9 Å². The van der Waals surface area contributed by atoms with E-state index in [4.69, 9.17) is 14.6 Å². The number of amides is 3. The van der Waals surface area contributed by atoms with Gasteiger partial charge in [0, 0.05) is 6.54 Å². The molecule has 0 unspecified atom stereocenters. The summed E-state index contributed by atoms with van der Waals surface area (Å²) in [6.07, 6.45) is 0.391. The summed E-state index contributed by atoms with van der Waals surface area (Å²) in [7, 11) is 1.59. The lowest BCUT2D eigenvalue weighted by Crippen LogP contribution is -2.52. The zero-order chi connectivity index (χ0) is 23.5. The normalized spacial score (nSPS) is 19.2. The summed E-state index contributed by atoms with van der Waals surface area (Å²) in [5.74, 6) is -1.71. The van der Waals surface area contributed by atoms with Crippen LogP contribution in [0.1, 0.15) is 16.8 Å². The molecule has 3 N–H and O–H groups in total. The molecular formula is C23H23N3O7. The molecule has 2 aliphatic rings. The highest BCUT2D eigenvalue weighted by molar-refractivity contribution is 6.11. The van der Waals surface area contributed by atoms with Gasteiger partial charge in [0.25, 0.3) is 5.91 Å². The minimum absolute atomic E-state index is 0.296. The second-order valence-electron chi connectivity index (χ2n) is 7.77. The van der Waals surface area contributed by atoms with Gasteiger partial charge in [-0.15, -0.1) is 0 Å².